The second kappa shape index (κ2) is 12.9. The van der Waals surface area contributed by atoms with E-state index in [2.05, 4.69) is 43.8 Å². The monoisotopic (exact) mass is 661 g/mol. The quantitative estimate of drug-likeness (QED) is 0.156. The molecule has 4 aromatic rings. The first-order valence-electron chi connectivity index (χ1n) is 17.2. The van der Waals surface area contributed by atoms with Crippen molar-refractivity contribution in [3.8, 4) is 22.8 Å². The molecule has 0 aromatic heterocycles. The maximum absolute atomic E-state index is 13.7. The van der Waals surface area contributed by atoms with Crippen molar-refractivity contribution >= 4 is 55.4 Å². The molecule has 2 N–H and O–H groups in total. The summed E-state index contributed by atoms with van der Waals surface area (Å²) < 4.78 is 4.27. The molecule has 4 aliphatic rings. The highest BCUT2D eigenvalue weighted by Gasteiger charge is 2.27. The zero-order valence-electron chi connectivity index (χ0n) is 28.5. The second-order valence-electron chi connectivity index (χ2n) is 13.1. The number of hydrogen-bond donors (Lipinski definition) is 2. The molecule has 0 bridgehead atoms. The Hall–Kier alpha value is -5.80. The molecule has 0 saturated heterocycles. The zero-order valence-corrected chi connectivity index (χ0v) is 28.5. The standard InChI is InChI=1S/C41H39N7O2/c1-46(24-12-22-42-40(49)34-28-16-6-10-20-32(28)47(2)38-26-14-4-8-18-30(26)44-36(34)38)25-13-23-43-41(50)35-29-17-7-11-21-33(29)48(3)39-27-15-5-9-19-31(27)45-37(35)39/h4-11,14-21H,12-13,22-25H2,1-3H3,(H,42,49)(H,43,50). The van der Waals surface area contributed by atoms with Gasteiger partial charge in [-0.3, -0.25) is 9.59 Å². The Kier molecular flexibility index (Phi) is 8.12. The number of nitrogens with one attached hydrogen (secondary N) is 2. The summed E-state index contributed by atoms with van der Waals surface area (Å²) in [6.45, 7) is 2.73. The number of aromatic nitrogens is 4. The van der Waals surface area contributed by atoms with Crippen molar-refractivity contribution < 1.29 is 9.59 Å². The van der Waals surface area contributed by atoms with Crippen LogP contribution >= 0.6 is 0 Å². The average Bonchev–Trinajstić information content (AvgIpc) is 3.71. The first kappa shape index (κ1) is 31.5. The van der Waals surface area contributed by atoms with Gasteiger partial charge in [-0.15, -0.1) is 0 Å². The van der Waals surface area contributed by atoms with Gasteiger partial charge in [-0.05, 0) is 57.2 Å². The molecule has 9 heteroatoms. The van der Waals surface area contributed by atoms with Crippen molar-refractivity contribution in [3.05, 3.63) is 108 Å². The molecule has 50 heavy (non-hydrogen) atoms. The largest absolute Gasteiger partial charge is 0.352 e. The molecule has 4 aliphatic heterocycles. The minimum atomic E-state index is -0.108. The number of nitrogens with zero attached hydrogens (tertiary/aromatic N) is 5. The SMILES string of the molecule is CN(CCCNC(=O)c1c2nc3ccccc3c-2n(C)c2ccccc12)CCCNC(=O)c1c2nc3ccccc3c-2n(C)c2ccccc12. The van der Waals surface area contributed by atoms with Gasteiger partial charge in [0.2, 0.25) is 0 Å². The molecule has 0 saturated carbocycles. The number of amides is 2. The molecule has 9 nitrogen and oxygen atoms in total. The Morgan fingerprint density at radius 2 is 0.960 bits per heavy atom. The summed E-state index contributed by atoms with van der Waals surface area (Å²) in [4.78, 5) is 39.5. The fraction of sp³-hybridized carbons (Fsp3) is 0.220. The minimum Gasteiger partial charge on any atom is -0.352 e. The van der Waals surface area contributed by atoms with Gasteiger partial charge in [0.1, 0.15) is 11.4 Å². The molecule has 0 unspecified atom stereocenters. The van der Waals surface area contributed by atoms with Crippen LogP contribution in [0.5, 0.6) is 0 Å². The van der Waals surface area contributed by atoms with Gasteiger partial charge < -0.3 is 24.7 Å². The zero-order chi connectivity index (χ0) is 34.4. The Morgan fingerprint density at radius 3 is 1.40 bits per heavy atom. The summed E-state index contributed by atoms with van der Waals surface area (Å²) in [5, 5.41) is 10.2. The van der Waals surface area contributed by atoms with Crippen molar-refractivity contribution in [2.45, 2.75) is 12.8 Å². The normalized spacial score (nSPS) is 11.9. The highest BCUT2D eigenvalue weighted by atomic mass is 16.2. The van der Waals surface area contributed by atoms with Crippen LogP contribution in [0.1, 0.15) is 33.6 Å². The van der Waals surface area contributed by atoms with E-state index in [-0.39, 0.29) is 11.8 Å². The highest BCUT2D eigenvalue weighted by Crippen LogP contribution is 2.39. The van der Waals surface area contributed by atoms with E-state index in [1.54, 1.807) is 0 Å². The number of rotatable bonds is 10. The molecule has 2 amide bonds. The lowest BCUT2D eigenvalue weighted by atomic mass is 10.0. The number of aryl methyl sites for hydroxylation is 2. The highest BCUT2D eigenvalue weighted by molar-refractivity contribution is 6.16. The molecule has 0 spiro atoms. The van der Waals surface area contributed by atoms with Crippen LogP contribution in [0.4, 0.5) is 0 Å². The van der Waals surface area contributed by atoms with E-state index < -0.39 is 0 Å². The van der Waals surface area contributed by atoms with Crippen LogP contribution in [0.2, 0.25) is 0 Å². The molecule has 8 rings (SSSR count). The summed E-state index contributed by atoms with van der Waals surface area (Å²) in [5.41, 5.74) is 8.39. The third kappa shape index (κ3) is 5.31. The van der Waals surface area contributed by atoms with E-state index in [1.807, 2.05) is 99.0 Å². The van der Waals surface area contributed by atoms with Crippen LogP contribution in [0.25, 0.3) is 66.4 Å². The van der Waals surface area contributed by atoms with Crippen LogP contribution in [0, 0.1) is 0 Å². The minimum absolute atomic E-state index is 0.108. The number of carbonyl (C=O) groups is 2. The molecule has 4 heterocycles. The second-order valence-corrected chi connectivity index (χ2v) is 13.1. The Bertz CT molecular complexity index is 2320. The predicted molar refractivity (Wildman–Crippen MR) is 201 cm³/mol. The van der Waals surface area contributed by atoms with Gasteiger partial charge in [0.05, 0.1) is 33.5 Å². The number of carbonyl (C=O) groups excluding carboxylic acids is 2. The fourth-order valence-corrected chi connectivity index (χ4v) is 7.47. The molecule has 4 aromatic carbocycles. The van der Waals surface area contributed by atoms with E-state index in [0.717, 1.165) is 92.3 Å². The summed E-state index contributed by atoms with van der Waals surface area (Å²) in [6, 6.07) is 32.1. The summed E-state index contributed by atoms with van der Waals surface area (Å²) in [5.74, 6) is -0.216. The lowest BCUT2D eigenvalue weighted by Gasteiger charge is -2.19. The van der Waals surface area contributed by atoms with Crippen LogP contribution in [0.15, 0.2) is 97.1 Å². The number of para-hydroxylation sites is 4. The van der Waals surface area contributed by atoms with Crippen LogP contribution in [-0.4, -0.2) is 69.0 Å². The van der Waals surface area contributed by atoms with Gasteiger partial charge in [-0.2, -0.15) is 0 Å². The average molecular weight is 662 g/mol. The summed E-state index contributed by atoms with van der Waals surface area (Å²) >= 11 is 0. The lowest BCUT2D eigenvalue weighted by Crippen LogP contribution is -2.31. The number of hydrogen-bond acceptors (Lipinski definition) is 5. The van der Waals surface area contributed by atoms with E-state index >= 15 is 0 Å². The first-order chi connectivity index (χ1) is 24.4. The van der Waals surface area contributed by atoms with Crippen molar-refractivity contribution in [1.82, 2.24) is 34.6 Å². The number of benzene rings is 4. The Balaban J connectivity index is 0.885. The number of pyridine rings is 2. The van der Waals surface area contributed by atoms with Crippen LogP contribution < -0.4 is 10.6 Å². The maximum Gasteiger partial charge on any atom is 0.254 e. The van der Waals surface area contributed by atoms with Gasteiger partial charge in [-0.25, -0.2) is 9.97 Å². The van der Waals surface area contributed by atoms with Crippen LogP contribution in [0.3, 0.4) is 0 Å². The third-order valence-corrected chi connectivity index (χ3v) is 9.90. The molecule has 0 atom stereocenters. The maximum atomic E-state index is 13.7. The Labute approximate surface area is 290 Å². The third-order valence-electron chi connectivity index (χ3n) is 9.90. The molecular formula is C41H39N7O2. The fourth-order valence-electron chi connectivity index (χ4n) is 7.47. The molecule has 0 radical (unpaired) electrons. The Morgan fingerprint density at radius 1 is 0.580 bits per heavy atom. The van der Waals surface area contributed by atoms with Crippen LogP contribution in [-0.2, 0) is 14.1 Å². The summed E-state index contributed by atoms with van der Waals surface area (Å²) in [6.07, 6.45) is 1.60. The van der Waals surface area contributed by atoms with Crippen molar-refractivity contribution in [2.24, 2.45) is 14.1 Å². The summed E-state index contributed by atoms with van der Waals surface area (Å²) in [7, 11) is 6.14. The van der Waals surface area contributed by atoms with Gasteiger partial charge >= 0.3 is 0 Å². The van der Waals surface area contributed by atoms with Crippen molar-refractivity contribution in [2.75, 3.05) is 33.2 Å². The van der Waals surface area contributed by atoms with Gasteiger partial charge in [0, 0.05) is 59.8 Å². The van der Waals surface area contributed by atoms with E-state index in [9.17, 15) is 9.59 Å². The number of fused-ring (bicyclic) bond motifs is 8. The molecule has 250 valence electrons. The van der Waals surface area contributed by atoms with Crippen molar-refractivity contribution in [1.29, 1.82) is 0 Å². The molecule has 0 fully saturated rings. The van der Waals surface area contributed by atoms with Gasteiger partial charge in [0.15, 0.2) is 0 Å². The van der Waals surface area contributed by atoms with E-state index in [0.29, 0.717) is 24.2 Å². The lowest BCUT2D eigenvalue weighted by molar-refractivity contribution is 0.0947. The van der Waals surface area contributed by atoms with Gasteiger partial charge in [-0.1, -0.05) is 72.8 Å². The van der Waals surface area contributed by atoms with E-state index in [4.69, 9.17) is 9.97 Å². The topological polar surface area (TPSA) is 97.1 Å². The molecular weight excluding hydrogens is 622 g/mol. The predicted octanol–water partition coefficient (Wildman–Crippen LogP) is 6.85. The van der Waals surface area contributed by atoms with Gasteiger partial charge in [0.25, 0.3) is 11.8 Å². The smallest absolute Gasteiger partial charge is 0.254 e. The van der Waals surface area contributed by atoms with E-state index in [1.165, 1.54) is 0 Å². The first-order valence-corrected chi connectivity index (χ1v) is 17.2. The van der Waals surface area contributed by atoms with Crippen molar-refractivity contribution in [3.63, 3.8) is 0 Å². The molecule has 0 aliphatic carbocycles.